The minimum absolute atomic E-state index is 0.204. The van der Waals surface area contributed by atoms with Crippen LogP contribution in [0.4, 0.5) is 0 Å². The molecule has 2 N–H and O–H groups in total. The third-order valence-electron chi connectivity index (χ3n) is 4.21. The van der Waals surface area contributed by atoms with Crippen LogP contribution in [0.1, 0.15) is 52.4 Å². The minimum atomic E-state index is 0.204. The summed E-state index contributed by atoms with van der Waals surface area (Å²) < 4.78 is 5.77. The number of imidazole rings is 1. The molecule has 1 aromatic rings. The first-order valence-electron chi connectivity index (χ1n) is 6.96. The van der Waals surface area contributed by atoms with Gasteiger partial charge < -0.3 is 15.0 Å². The second kappa shape index (κ2) is 5.41. The SMILES string of the molecule is CCOC1CC(NC(CC)c2ncc[nH]2)C1(C)C. The molecule has 1 aliphatic carbocycles. The van der Waals surface area contributed by atoms with Crippen molar-refractivity contribution in [2.24, 2.45) is 5.41 Å². The molecule has 102 valence electrons. The van der Waals surface area contributed by atoms with Crippen LogP contribution in [-0.2, 0) is 4.74 Å². The molecule has 3 atom stereocenters. The van der Waals surface area contributed by atoms with Gasteiger partial charge in [-0.25, -0.2) is 4.98 Å². The summed E-state index contributed by atoms with van der Waals surface area (Å²) in [6.45, 7) is 9.61. The van der Waals surface area contributed by atoms with Crippen molar-refractivity contribution in [3.8, 4) is 0 Å². The van der Waals surface area contributed by atoms with Gasteiger partial charge in [-0.05, 0) is 19.8 Å². The van der Waals surface area contributed by atoms with Crippen molar-refractivity contribution >= 4 is 0 Å². The first-order valence-corrected chi connectivity index (χ1v) is 6.96. The van der Waals surface area contributed by atoms with Gasteiger partial charge in [0.1, 0.15) is 5.82 Å². The van der Waals surface area contributed by atoms with E-state index in [9.17, 15) is 0 Å². The number of nitrogens with one attached hydrogen (secondary N) is 2. The molecule has 1 aliphatic rings. The summed E-state index contributed by atoms with van der Waals surface area (Å²) in [5.74, 6) is 1.04. The van der Waals surface area contributed by atoms with Gasteiger partial charge in [-0.15, -0.1) is 0 Å². The maximum atomic E-state index is 5.77. The number of aromatic amines is 1. The Labute approximate surface area is 110 Å². The Morgan fingerprint density at radius 2 is 2.33 bits per heavy atom. The normalized spacial score (nSPS) is 27.8. The van der Waals surface area contributed by atoms with Gasteiger partial charge in [0.2, 0.25) is 0 Å². The predicted octanol–water partition coefficient (Wildman–Crippen LogP) is 2.65. The topological polar surface area (TPSA) is 49.9 Å². The molecule has 0 aliphatic heterocycles. The van der Waals surface area contributed by atoms with Gasteiger partial charge in [0.25, 0.3) is 0 Å². The van der Waals surface area contributed by atoms with Crippen LogP contribution in [0.25, 0.3) is 0 Å². The van der Waals surface area contributed by atoms with Gasteiger partial charge >= 0.3 is 0 Å². The lowest BCUT2D eigenvalue weighted by molar-refractivity contribution is -0.116. The number of rotatable bonds is 6. The molecule has 0 aromatic carbocycles. The van der Waals surface area contributed by atoms with Crippen molar-refractivity contribution in [1.82, 2.24) is 15.3 Å². The second-order valence-corrected chi connectivity index (χ2v) is 5.66. The van der Waals surface area contributed by atoms with Gasteiger partial charge in [-0.2, -0.15) is 0 Å². The van der Waals surface area contributed by atoms with E-state index in [0.29, 0.717) is 18.2 Å². The van der Waals surface area contributed by atoms with E-state index in [-0.39, 0.29) is 5.41 Å². The molecular formula is C14H25N3O. The fourth-order valence-electron chi connectivity index (χ4n) is 2.75. The monoisotopic (exact) mass is 251 g/mol. The summed E-state index contributed by atoms with van der Waals surface area (Å²) in [6.07, 6.45) is 6.22. The largest absolute Gasteiger partial charge is 0.378 e. The van der Waals surface area contributed by atoms with Crippen molar-refractivity contribution < 1.29 is 4.74 Å². The number of nitrogens with zero attached hydrogens (tertiary/aromatic N) is 1. The maximum Gasteiger partial charge on any atom is 0.123 e. The van der Waals surface area contributed by atoms with E-state index >= 15 is 0 Å². The molecule has 1 aromatic heterocycles. The molecule has 0 saturated heterocycles. The van der Waals surface area contributed by atoms with Crippen LogP contribution < -0.4 is 5.32 Å². The van der Waals surface area contributed by atoms with Gasteiger partial charge in [0.05, 0.1) is 12.1 Å². The van der Waals surface area contributed by atoms with Crippen molar-refractivity contribution in [3.05, 3.63) is 18.2 Å². The number of H-pyrrole nitrogens is 1. The zero-order valence-electron chi connectivity index (χ0n) is 11.9. The first-order chi connectivity index (χ1) is 8.59. The highest BCUT2D eigenvalue weighted by molar-refractivity contribution is 5.06. The van der Waals surface area contributed by atoms with E-state index in [0.717, 1.165) is 25.3 Å². The lowest BCUT2D eigenvalue weighted by Crippen LogP contribution is -2.61. The lowest BCUT2D eigenvalue weighted by Gasteiger charge is -2.52. The maximum absolute atomic E-state index is 5.77. The van der Waals surface area contributed by atoms with Gasteiger partial charge in [-0.3, -0.25) is 0 Å². The Balaban J connectivity index is 1.94. The van der Waals surface area contributed by atoms with Crippen LogP contribution >= 0.6 is 0 Å². The summed E-state index contributed by atoms with van der Waals surface area (Å²) in [6, 6.07) is 0.816. The number of hydrogen-bond acceptors (Lipinski definition) is 3. The van der Waals surface area contributed by atoms with Crippen molar-refractivity contribution in [1.29, 1.82) is 0 Å². The molecule has 4 nitrogen and oxygen atoms in total. The quantitative estimate of drug-likeness (QED) is 0.817. The van der Waals surface area contributed by atoms with E-state index in [2.05, 4.69) is 43.0 Å². The zero-order valence-corrected chi connectivity index (χ0v) is 11.9. The molecule has 0 spiro atoms. The minimum Gasteiger partial charge on any atom is -0.378 e. The molecule has 0 bridgehead atoms. The Morgan fingerprint density at radius 1 is 1.56 bits per heavy atom. The molecule has 1 heterocycles. The van der Waals surface area contributed by atoms with Crippen LogP contribution in [0.5, 0.6) is 0 Å². The Bertz CT molecular complexity index is 361. The molecule has 2 rings (SSSR count). The van der Waals surface area contributed by atoms with E-state index < -0.39 is 0 Å². The van der Waals surface area contributed by atoms with Crippen LogP contribution in [0, 0.1) is 5.41 Å². The third kappa shape index (κ3) is 2.45. The van der Waals surface area contributed by atoms with Crippen molar-refractivity contribution in [2.45, 2.75) is 58.7 Å². The summed E-state index contributed by atoms with van der Waals surface area (Å²) in [5, 5.41) is 3.71. The fourth-order valence-corrected chi connectivity index (χ4v) is 2.75. The smallest absolute Gasteiger partial charge is 0.123 e. The third-order valence-corrected chi connectivity index (χ3v) is 4.21. The predicted molar refractivity (Wildman–Crippen MR) is 72.4 cm³/mol. The standard InChI is InChI=1S/C14H25N3O/c1-5-10(13-15-7-8-16-13)17-11-9-12(18-6-2)14(11,3)4/h7-8,10-12,17H,5-6,9H2,1-4H3,(H,15,16). The van der Waals surface area contributed by atoms with Gasteiger partial charge in [-0.1, -0.05) is 20.8 Å². The molecule has 18 heavy (non-hydrogen) atoms. The number of ether oxygens (including phenoxy) is 1. The second-order valence-electron chi connectivity index (χ2n) is 5.66. The van der Waals surface area contributed by atoms with E-state index in [1.165, 1.54) is 0 Å². The van der Waals surface area contributed by atoms with Crippen LogP contribution in [-0.4, -0.2) is 28.7 Å². The van der Waals surface area contributed by atoms with Gasteiger partial charge in [0.15, 0.2) is 0 Å². The molecule has 0 radical (unpaired) electrons. The molecule has 4 heteroatoms. The molecular weight excluding hydrogens is 226 g/mol. The van der Waals surface area contributed by atoms with Crippen LogP contribution in [0.2, 0.25) is 0 Å². The summed E-state index contributed by atoms with van der Waals surface area (Å²) in [4.78, 5) is 7.55. The fraction of sp³-hybridized carbons (Fsp3) is 0.786. The Kier molecular flexibility index (Phi) is 4.07. The number of aromatic nitrogens is 2. The molecule has 1 saturated carbocycles. The molecule has 0 amide bonds. The molecule has 3 unspecified atom stereocenters. The molecule has 1 fully saturated rings. The summed E-state index contributed by atoms with van der Waals surface area (Å²) in [7, 11) is 0. The Hall–Kier alpha value is -0.870. The van der Waals surface area contributed by atoms with E-state index in [4.69, 9.17) is 4.74 Å². The first kappa shape index (κ1) is 13.6. The Morgan fingerprint density at radius 3 is 2.83 bits per heavy atom. The summed E-state index contributed by atoms with van der Waals surface area (Å²) >= 11 is 0. The lowest BCUT2D eigenvalue weighted by atomic mass is 9.64. The zero-order chi connectivity index (χ0) is 13.2. The average Bonchev–Trinajstić information content (AvgIpc) is 2.86. The highest BCUT2D eigenvalue weighted by atomic mass is 16.5. The number of hydrogen-bond donors (Lipinski definition) is 2. The van der Waals surface area contributed by atoms with Crippen LogP contribution in [0.15, 0.2) is 12.4 Å². The summed E-state index contributed by atoms with van der Waals surface area (Å²) in [5.41, 5.74) is 0.204. The van der Waals surface area contributed by atoms with E-state index in [1.54, 1.807) is 0 Å². The highest BCUT2D eigenvalue weighted by Gasteiger charge is 2.49. The van der Waals surface area contributed by atoms with Crippen molar-refractivity contribution in [2.75, 3.05) is 6.61 Å². The van der Waals surface area contributed by atoms with Crippen LogP contribution in [0.3, 0.4) is 0 Å². The van der Waals surface area contributed by atoms with E-state index in [1.807, 2.05) is 12.4 Å². The van der Waals surface area contributed by atoms with Gasteiger partial charge in [0, 0.05) is 30.5 Å². The highest BCUT2D eigenvalue weighted by Crippen LogP contribution is 2.43. The average molecular weight is 251 g/mol. The van der Waals surface area contributed by atoms with Crippen molar-refractivity contribution in [3.63, 3.8) is 0 Å².